The maximum atomic E-state index is 11.7. The summed E-state index contributed by atoms with van der Waals surface area (Å²) in [6.45, 7) is 0. The first kappa shape index (κ1) is 13.6. The zero-order chi connectivity index (χ0) is 13.8. The molecule has 2 rings (SSSR count). The van der Waals surface area contributed by atoms with Crippen LogP contribution in [0.15, 0.2) is 36.7 Å². The Morgan fingerprint density at radius 1 is 1.32 bits per heavy atom. The molecule has 7 heteroatoms. The minimum absolute atomic E-state index is 0.153. The van der Waals surface area contributed by atoms with Crippen LogP contribution in [0.4, 0.5) is 0 Å². The molecule has 0 bridgehead atoms. The first-order valence-corrected chi connectivity index (χ1v) is 7.22. The highest BCUT2D eigenvalue weighted by molar-refractivity contribution is 7.82. The molecule has 0 aliphatic rings. The molecule has 0 spiro atoms. The van der Waals surface area contributed by atoms with Crippen molar-refractivity contribution in [1.82, 2.24) is 14.7 Å². The third-order valence-corrected chi connectivity index (χ3v) is 2.96. The number of hydrogen-bond donors (Lipinski definition) is 1. The quantitative estimate of drug-likeness (QED) is 0.937. The van der Waals surface area contributed by atoms with Crippen LogP contribution in [0.25, 0.3) is 11.3 Å². The van der Waals surface area contributed by atoms with Crippen LogP contribution in [0.1, 0.15) is 10.5 Å². The van der Waals surface area contributed by atoms with Crippen LogP contribution < -0.4 is 4.72 Å². The van der Waals surface area contributed by atoms with Crippen molar-refractivity contribution >= 4 is 28.5 Å². The van der Waals surface area contributed by atoms with Crippen LogP contribution in [0.5, 0.6) is 0 Å². The van der Waals surface area contributed by atoms with Gasteiger partial charge in [-0.3, -0.25) is 9.52 Å². The van der Waals surface area contributed by atoms with Gasteiger partial charge in [-0.15, -0.1) is 0 Å². The summed E-state index contributed by atoms with van der Waals surface area (Å²) in [5.74, 6) is -0.508. The standard InChI is InChI=1S/C12H10ClN3O2S/c1-19(18)16-12(17)11-6-10(14-7-15-11)8-3-2-4-9(13)5-8/h2-7H,1H3,(H,16,17). The molecule has 1 aromatic carbocycles. The number of rotatable bonds is 3. The van der Waals surface area contributed by atoms with Crippen LogP contribution in [0, 0.1) is 0 Å². The van der Waals surface area contributed by atoms with Crippen LogP contribution in [-0.4, -0.2) is 26.3 Å². The van der Waals surface area contributed by atoms with E-state index >= 15 is 0 Å². The summed E-state index contributed by atoms with van der Waals surface area (Å²) in [5, 5.41) is 0.580. The number of carbonyl (C=O) groups excluding carboxylic acids is 1. The highest BCUT2D eigenvalue weighted by Crippen LogP contribution is 2.20. The molecule has 19 heavy (non-hydrogen) atoms. The monoisotopic (exact) mass is 295 g/mol. The summed E-state index contributed by atoms with van der Waals surface area (Å²) in [6.07, 6.45) is 2.65. The van der Waals surface area contributed by atoms with Gasteiger partial charge in [0.2, 0.25) is 0 Å². The molecule has 1 aromatic heterocycles. The van der Waals surface area contributed by atoms with Crippen molar-refractivity contribution in [2.45, 2.75) is 0 Å². The molecule has 0 radical (unpaired) electrons. The Labute approximate surface area is 117 Å². The van der Waals surface area contributed by atoms with Gasteiger partial charge in [0.05, 0.1) is 5.69 Å². The summed E-state index contributed by atoms with van der Waals surface area (Å²) in [6, 6.07) is 8.63. The zero-order valence-corrected chi connectivity index (χ0v) is 11.5. The fraction of sp³-hybridized carbons (Fsp3) is 0.0833. The maximum Gasteiger partial charge on any atom is 0.281 e. The molecule has 98 valence electrons. The van der Waals surface area contributed by atoms with E-state index < -0.39 is 16.9 Å². The molecule has 0 fully saturated rings. The second-order valence-electron chi connectivity index (χ2n) is 3.68. The van der Waals surface area contributed by atoms with E-state index in [4.69, 9.17) is 11.6 Å². The number of carbonyl (C=O) groups is 1. The number of nitrogens with zero attached hydrogens (tertiary/aromatic N) is 2. The van der Waals surface area contributed by atoms with Crippen molar-refractivity contribution in [3.63, 3.8) is 0 Å². The normalized spacial score (nSPS) is 11.9. The fourth-order valence-corrected chi connectivity index (χ4v) is 2.03. The first-order chi connectivity index (χ1) is 9.06. The van der Waals surface area contributed by atoms with E-state index in [0.717, 1.165) is 5.56 Å². The van der Waals surface area contributed by atoms with Crippen LogP contribution >= 0.6 is 11.6 Å². The summed E-state index contributed by atoms with van der Waals surface area (Å²) in [7, 11) is -1.43. The average molecular weight is 296 g/mol. The van der Waals surface area contributed by atoms with Gasteiger partial charge in [0.15, 0.2) is 0 Å². The van der Waals surface area contributed by atoms with Gasteiger partial charge in [-0.05, 0) is 18.2 Å². The minimum Gasteiger partial charge on any atom is -0.270 e. The van der Waals surface area contributed by atoms with E-state index in [9.17, 15) is 9.00 Å². The number of amides is 1. The molecule has 1 heterocycles. The van der Waals surface area contributed by atoms with E-state index in [1.165, 1.54) is 18.6 Å². The molecule has 1 atom stereocenters. The Hall–Kier alpha value is -1.79. The third kappa shape index (κ3) is 3.59. The van der Waals surface area contributed by atoms with E-state index in [0.29, 0.717) is 10.7 Å². The van der Waals surface area contributed by atoms with E-state index in [1.807, 2.05) is 6.07 Å². The Morgan fingerprint density at radius 2 is 2.11 bits per heavy atom. The summed E-state index contributed by atoms with van der Waals surface area (Å²) in [4.78, 5) is 19.6. The number of benzene rings is 1. The van der Waals surface area contributed by atoms with Gasteiger partial charge in [-0.25, -0.2) is 14.2 Å². The molecular weight excluding hydrogens is 286 g/mol. The molecule has 1 amide bonds. The number of nitrogens with one attached hydrogen (secondary N) is 1. The second kappa shape index (κ2) is 5.90. The molecule has 0 saturated carbocycles. The largest absolute Gasteiger partial charge is 0.281 e. The number of hydrogen-bond acceptors (Lipinski definition) is 4. The fourth-order valence-electron chi connectivity index (χ4n) is 1.47. The van der Waals surface area contributed by atoms with E-state index in [2.05, 4.69) is 14.7 Å². The minimum atomic E-state index is -1.43. The third-order valence-electron chi connectivity index (χ3n) is 2.26. The Kier molecular flexibility index (Phi) is 4.24. The Morgan fingerprint density at radius 3 is 2.79 bits per heavy atom. The van der Waals surface area contributed by atoms with Gasteiger partial charge < -0.3 is 0 Å². The molecule has 0 saturated heterocycles. The predicted molar refractivity (Wildman–Crippen MR) is 74.0 cm³/mol. The van der Waals surface area contributed by atoms with Crippen LogP contribution in [0.3, 0.4) is 0 Å². The molecule has 5 nitrogen and oxygen atoms in total. The topological polar surface area (TPSA) is 72.0 Å². The van der Waals surface area contributed by atoms with Gasteiger partial charge in [-0.1, -0.05) is 23.7 Å². The lowest BCUT2D eigenvalue weighted by Gasteiger charge is -2.04. The van der Waals surface area contributed by atoms with Gasteiger partial charge in [0.1, 0.15) is 23.0 Å². The van der Waals surface area contributed by atoms with Gasteiger partial charge in [-0.2, -0.15) is 0 Å². The van der Waals surface area contributed by atoms with Gasteiger partial charge in [0, 0.05) is 16.8 Å². The summed E-state index contributed by atoms with van der Waals surface area (Å²) in [5.41, 5.74) is 1.51. The van der Waals surface area contributed by atoms with Crippen LogP contribution in [-0.2, 0) is 11.0 Å². The lowest BCUT2D eigenvalue weighted by Crippen LogP contribution is -2.25. The molecule has 1 unspecified atom stereocenters. The molecule has 0 aliphatic carbocycles. The number of halogens is 1. The van der Waals surface area contributed by atoms with Gasteiger partial charge in [0.25, 0.3) is 5.91 Å². The average Bonchev–Trinajstić information content (AvgIpc) is 2.38. The van der Waals surface area contributed by atoms with Crippen molar-refractivity contribution in [3.8, 4) is 11.3 Å². The second-order valence-corrected chi connectivity index (χ2v) is 5.23. The van der Waals surface area contributed by atoms with E-state index in [1.54, 1.807) is 18.2 Å². The van der Waals surface area contributed by atoms with Crippen molar-refractivity contribution in [1.29, 1.82) is 0 Å². The Balaban J connectivity index is 2.34. The van der Waals surface area contributed by atoms with Crippen LogP contribution in [0.2, 0.25) is 5.02 Å². The SMILES string of the molecule is CS(=O)NC(=O)c1cc(-c2cccc(Cl)c2)ncn1. The lowest BCUT2D eigenvalue weighted by molar-refractivity contribution is 0.0978. The molecule has 0 aliphatic heterocycles. The molecule has 1 N–H and O–H groups in total. The summed E-state index contributed by atoms with van der Waals surface area (Å²) < 4.78 is 13.2. The van der Waals surface area contributed by atoms with Crippen molar-refractivity contribution in [2.24, 2.45) is 0 Å². The molecule has 2 aromatic rings. The highest BCUT2D eigenvalue weighted by atomic mass is 35.5. The van der Waals surface area contributed by atoms with E-state index in [-0.39, 0.29) is 5.69 Å². The van der Waals surface area contributed by atoms with Crippen molar-refractivity contribution < 1.29 is 9.00 Å². The highest BCUT2D eigenvalue weighted by Gasteiger charge is 2.10. The number of aromatic nitrogens is 2. The summed E-state index contributed by atoms with van der Waals surface area (Å²) >= 11 is 5.90. The smallest absolute Gasteiger partial charge is 0.270 e. The van der Waals surface area contributed by atoms with Crippen molar-refractivity contribution in [3.05, 3.63) is 47.4 Å². The predicted octanol–water partition coefficient (Wildman–Crippen LogP) is 1.82. The maximum absolute atomic E-state index is 11.7. The van der Waals surface area contributed by atoms with Crippen molar-refractivity contribution in [2.75, 3.05) is 6.26 Å². The van der Waals surface area contributed by atoms with Gasteiger partial charge >= 0.3 is 0 Å². The lowest BCUT2D eigenvalue weighted by atomic mass is 10.1. The zero-order valence-electron chi connectivity index (χ0n) is 9.96. The Bertz CT molecular complexity index is 648. The molecular formula is C12H10ClN3O2S. The first-order valence-electron chi connectivity index (χ1n) is 5.28.